The van der Waals surface area contributed by atoms with Gasteiger partial charge in [-0.15, -0.1) is 0 Å². The monoisotopic (exact) mass is 250 g/mol. The number of hydrogen-bond donors (Lipinski definition) is 1. The summed E-state index contributed by atoms with van der Waals surface area (Å²) in [5, 5.41) is 9.41. The third-order valence-electron chi connectivity index (χ3n) is 2.37. The summed E-state index contributed by atoms with van der Waals surface area (Å²) in [5.74, 6) is -2.02. The maximum atomic E-state index is 13.2. The molecule has 0 saturated carbocycles. The van der Waals surface area contributed by atoms with E-state index in [1.807, 2.05) is 0 Å². The van der Waals surface area contributed by atoms with Crippen LogP contribution in [0.1, 0.15) is 10.4 Å². The first-order valence-electron chi connectivity index (χ1n) is 4.87. The van der Waals surface area contributed by atoms with Crippen molar-refractivity contribution in [1.82, 2.24) is 0 Å². The number of hydrogen-bond acceptors (Lipinski definition) is 1. The molecule has 2 nitrogen and oxygen atoms in total. The summed E-state index contributed by atoms with van der Waals surface area (Å²) in [7, 11) is 0. The van der Waals surface area contributed by atoms with Gasteiger partial charge >= 0.3 is 5.97 Å². The molecular formula is C13H8ClFO2. The second kappa shape index (κ2) is 4.55. The number of rotatable bonds is 2. The Hall–Kier alpha value is -1.87. The van der Waals surface area contributed by atoms with Crippen molar-refractivity contribution in [3.8, 4) is 11.1 Å². The van der Waals surface area contributed by atoms with Crippen LogP contribution >= 0.6 is 11.6 Å². The van der Waals surface area contributed by atoms with Gasteiger partial charge < -0.3 is 5.11 Å². The molecule has 0 atom stereocenters. The molecule has 0 bridgehead atoms. The van der Waals surface area contributed by atoms with Crippen molar-refractivity contribution < 1.29 is 14.3 Å². The predicted molar refractivity (Wildman–Crippen MR) is 63.8 cm³/mol. The number of carbonyl (C=O) groups is 1. The van der Waals surface area contributed by atoms with E-state index in [0.717, 1.165) is 11.6 Å². The molecule has 4 heteroatoms. The highest BCUT2D eigenvalue weighted by Gasteiger charge is 2.11. The maximum Gasteiger partial charge on any atom is 0.338 e. The molecule has 0 aromatic heterocycles. The van der Waals surface area contributed by atoms with Crippen LogP contribution in [-0.2, 0) is 0 Å². The summed E-state index contributed by atoms with van der Waals surface area (Å²) in [6.07, 6.45) is 0. The Morgan fingerprint density at radius 1 is 1.06 bits per heavy atom. The molecule has 0 spiro atoms. The zero-order chi connectivity index (χ0) is 12.4. The van der Waals surface area contributed by atoms with Crippen LogP contribution in [0.15, 0.2) is 42.5 Å². The lowest BCUT2D eigenvalue weighted by Gasteiger charge is -2.04. The van der Waals surface area contributed by atoms with Gasteiger partial charge in [-0.2, -0.15) is 0 Å². The highest BCUT2D eigenvalue weighted by molar-refractivity contribution is 6.30. The van der Waals surface area contributed by atoms with Crippen LogP contribution in [0.25, 0.3) is 11.1 Å². The van der Waals surface area contributed by atoms with Gasteiger partial charge in [0.05, 0.1) is 5.56 Å². The molecule has 0 heterocycles. The van der Waals surface area contributed by atoms with Crippen molar-refractivity contribution in [1.29, 1.82) is 0 Å². The van der Waals surface area contributed by atoms with Gasteiger partial charge in [-0.3, -0.25) is 0 Å². The first-order valence-corrected chi connectivity index (χ1v) is 5.24. The SMILES string of the molecule is O=C(O)c1cc(-c2ccc(Cl)cc2)ccc1F. The second-order valence-electron chi connectivity index (χ2n) is 3.51. The lowest BCUT2D eigenvalue weighted by Crippen LogP contribution is -2.00. The Labute approximate surface area is 102 Å². The van der Waals surface area contributed by atoms with Gasteiger partial charge in [-0.25, -0.2) is 9.18 Å². The molecule has 0 aliphatic carbocycles. The highest BCUT2D eigenvalue weighted by Crippen LogP contribution is 2.23. The van der Waals surface area contributed by atoms with Crippen molar-refractivity contribution >= 4 is 17.6 Å². The molecule has 2 aromatic rings. The normalized spacial score (nSPS) is 10.2. The van der Waals surface area contributed by atoms with E-state index in [0.29, 0.717) is 10.6 Å². The number of halogens is 2. The highest BCUT2D eigenvalue weighted by atomic mass is 35.5. The Morgan fingerprint density at radius 2 is 1.65 bits per heavy atom. The standard InChI is InChI=1S/C13H8ClFO2/c14-10-4-1-8(2-5-10)9-3-6-12(15)11(7-9)13(16)17/h1-7H,(H,16,17). The van der Waals surface area contributed by atoms with Crippen molar-refractivity contribution in [3.63, 3.8) is 0 Å². The molecule has 2 aromatic carbocycles. The van der Waals surface area contributed by atoms with Crippen LogP contribution in [0.4, 0.5) is 4.39 Å². The van der Waals surface area contributed by atoms with Crippen molar-refractivity contribution in [3.05, 3.63) is 58.9 Å². The lowest BCUT2D eigenvalue weighted by molar-refractivity contribution is 0.0692. The predicted octanol–water partition coefficient (Wildman–Crippen LogP) is 3.84. The van der Waals surface area contributed by atoms with Crippen LogP contribution in [0.2, 0.25) is 5.02 Å². The average Bonchev–Trinajstić information content (AvgIpc) is 2.30. The third kappa shape index (κ3) is 2.45. The molecule has 2 rings (SSSR count). The summed E-state index contributed by atoms with van der Waals surface area (Å²) < 4.78 is 13.2. The fraction of sp³-hybridized carbons (Fsp3) is 0. The first kappa shape index (κ1) is 11.6. The molecule has 0 aliphatic rings. The van der Waals surface area contributed by atoms with Gasteiger partial charge in [0.15, 0.2) is 0 Å². The van der Waals surface area contributed by atoms with Crippen molar-refractivity contribution in [2.24, 2.45) is 0 Å². The fourth-order valence-electron chi connectivity index (χ4n) is 1.51. The van der Waals surface area contributed by atoms with Crippen molar-refractivity contribution in [2.45, 2.75) is 0 Å². The second-order valence-corrected chi connectivity index (χ2v) is 3.94. The molecule has 86 valence electrons. The van der Waals surface area contributed by atoms with Gasteiger partial charge in [-0.05, 0) is 35.4 Å². The van der Waals surface area contributed by atoms with E-state index < -0.39 is 11.8 Å². The molecule has 0 fully saturated rings. The van der Waals surface area contributed by atoms with Gasteiger partial charge in [-0.1, -0.05) is 29.8 Å². The Morgan fingerprint density at radius 3 is 2.24 bits per heavy atom. The van der Waals surface area contributed by atoms with Crippen LogP contribution in [0.5, 0.6) is 0 Å². The Bertz CT molecular complexity index is 564. The molecule has 0 radical (unpaired) electrons. The maximum absolute atomic E-state index is 13.2. The van der Waals surface area contributed by atoms with Gasteiger partial charge in [0.1, 0.15) is 5.82 Å². The van der Waals surface area contributed by atoms with Crippen LogP contribution in [-0.4, -0.2) is 11.1 Å². The topological polar surface area (TPSA) is 37.3 Å². The first-order chi connectivity index (χ1) is 8.08. The number of carboxylic acids is 1. The minimum absolute atomic E-state index is 0.336. The smallest absolute Gasteiger partial charge is 0.338 e. The van der Waals surface area contributed by atoms with E-state index in [1.165, 1.54) is 12.1 Å². The van der Waals surface area contributed by atoms with E-state index in [1.54, 1.807) is 24.3 Å². The minimum Gasteiger partial charge on any atom is -0.478 e. The van der Waals surface area contributed by atoms with Crippen molar-refractivity contribution in [2.75, 3.05) is 0 Å². The minimum atomic E-state index is -1.28. The quantitative estimate of drug-likeness (QED) is 0.879. The fourth-order valence-corrected chi connectivity index (χ4v) is 1.64. The number of carboxylic acid groups (broad SMARTS) is 1. The molecule has 0 unspecified atom stereocenters. The van der Waals surface area contributed by atoms with Gasteiger partial charge in [0.25, 0.3) is 0 Å². The molecule has 0 saturated heterocycles. The zero-order valence-electron chi connectivity index (χ0n) is 8.65. The number of benzene rings is 2. The average molecular weight is 251 g/mol. The lowest BCUT2D eigenvalue weighted by atomic mass is 10.0. The summed E-state index contributed by atoms with van der Waals surface area (Å²) in [4.78, 5) is 10.8. The molecule has 1 N–H and O–H groups in total. The largest absolute Gasteiger partial charge is 0.478 e. The summed E-state index contributed by atoms with van der Waals surface area (Å²) in [6, 6.07) is 10.9. The molecule has 0 amide bonds. The van der Waals surface area contributed by atoms with E-state index >= 15 is 0 Å². The number of aromatic carboxylic acids is 1. The molecule has 17 heavy (non-hydrogen) atoms. The van der Waals surface area contributed by atoms with Gasteiger partial charge in [0, 0.05) is 5.02 Å². The van der Waals surface area contributed by atoms with Crippen LogP contribution < -0.4 is 0 Å². The van der Waals surface area contributed by atoms with E-state index in [4.69, 9.17) is 16.7 Å². The van der Waals surface area contributed by atoms with E-state index in [-0.39, 0.29) is 5.56 Å². The zero-order valence-corrected chi connectivity index (χ0v) is 9.41. The van der Waals surface area contributed by atoms with Gasteiger partial charge in [0.2, 0.25) is 0 Å². The summed E-state index contributed by atoms with van der Waals surface area (Å²) in [5.41, 5.74) is 1.09. The summed E-state index contributed by atoms with van der Waals surface area (Å²) in [6.45, 7) is 0. The van der Waals surface area contributed by atoms with Crippen LogP contribution in [0, 0.1) is 5.82 Å². The van der Waals surface area contributed by atoms with Crippen LogP contribution in [0.3, 0.4) is 0 Å². The molecular weight excluding hydrogens is 243 g/mol. The molecule has 0 aliphatic heterocycles. The Balaban J connectivity index is 2.50. The Kier molecular flexibility index (Phi) is 3.11. The summed E-state index contributed by atoms with van der Waals surface area (Å²) >= 11 is 5.75. The van der Waals surface area contributed by atoms with E-state index in [9.17, 15) is 9.18 Å². The van der Waals surface area contributed by atoms with E-state index in [2.05, 4.69) is 0 Å². The third-order valence-corrected chi connectivity index (χ3v) is 2.63.